The van der Waals surface area contributed by atoms with Gasteiger partial charge < -0.3 is 0 Å². The maximum Gasteiger partial charge on any atom is 0.216 e. The second kappa shape index (κ2) is 4.89. The van der Waals surface area contributed by atoms with Crippen LogP contribution in [0, 0.1) is 11.6 Å². The molecule has 0 fully saturated rings. The molecule has 0 saturated carbocycles. The van der Waals surface area contributed by atoms with Crippen molar-refractivity contribution in [2.75, 3.05) is 0 Å². The van der Waals surface area contributed by atoms with Crippen molar-refractivity contribution in [3.8, 4) is 0 Å². The standard InChI is InChI=1S/C10H11F2NO3S/c1-2-9(17(13,15)16)6-3-4-8(11)7(5-14)10(6)12/h3-5,9H,2H2,1H3,(H2,13,15,16). The summed E-state index contributed by atoms with van der Waals surface area (Å²) in [5.74, 6) is -2.22. The van der Waals surface area contributed by atoms with E-state index in [2.05, 4.69) is 0 Å². The van der Waals surface area contributed by atoms with Crippen LogP contribution in [0.3, 0.4) is 0 Å². The van der Waals surface area contributed by atoms with Gasteiger partial charge in [0.2, 0.25) is 10.0 Å². The highest BCUT2D eigenvalue weighted by Gasteiger charge is 2.27. The SMILES string of the molecule is CCC(c1ccc(F)c(C=O)c1F)S(N)(=O)=O. The fraction of sp³-hybridized carbons (Fsp3) is 0.300. The lowest BCUT2D eigenvalue weighted by Gasteiger charge is -2.14. The first-order chi connectivity index (χ1) is 7.82. The molecule has 7 heteroatoms. The zero-order valence-electron chi connectivity index (χ0n) is 8.98. The van der Waals surface area contributed by atoms with Gasteiger partial charge in [0.25, 0.3) is 0 Å². The van der Waals surface area contributed by atoms with Gasteiger partial charge in [-0.15, -0.1) is 0 Å². The maximum atomic E-state index is 13.7. The van der Waals surface area contributed by atoms with Crippen LogP contribution in [0.5, 0.6) is 0 Å². The molecule has 94 valence electrons. The Balaban J connectivity index is 3.47. The van der Waals surface area contributed by atoms with E-state index in [1.165, 1.54) is 6.92 Å². The number of sulfonamides is 1. The third-order valence-electron chi connectivity index (χ3n) is 2.39. The molecule has 0 amide bonds. The molecule has 4 nitrogen and oxygen atoms in total. The minimum absolute atomic E-state index is 0.00399. The van der Waals surface area contributed by atoms with Crippen molar-refractivity contribution in [2.45, 2.75) is 18.6 Å². The summed E-state index contributed by atoms with van der Waals surface area (Å²) in [4.78, 5) is 10.5. The van der Waals surface area contributed by atoms with E-state index in [4.69, 9.17) is 5.14 Å². The Kier molecular flexibility index (Phi) is 3.94. The summed E-state index contributed by atoms with van der Waals surface area (Å²) < 4.78 is 49.2. The number of halogens is 2. The molecule has 0 radical (unpaired) electrons. The highest BCUT2D eigenvalue weighted by Crippen LogP contribution is 2.28. The van der Waals surface area contributed by atoms with Gasteiger partial charge in [0.1, 0.15) is 16.9 Å². The average Bonchev–Trinajstić information content (AvgIpc) is 2.21. The Morgan fingerprint density at radius 3 is 2.41 bits per heavy atom. The van der Waals surface area contributed by atoms with Crippen LogP contribution in [0.1, 0.15) is 34.5 Å². The average molecular weight is 263 g/mol. The number of rotatable bonds is 4. The topological polar surface area (TPSA) is 77.2 Å². The van der Waals surface area contributed by atoms with Crippen LogP contribution >= 0.6 is 0 Å². The van der Waals surface area contributed by atoms with Crippen LogP contribution in [-0.4, -0.2) is 14.7 Å². The molecule has 1 atom stereocenters. The number of hydrogen-bond donors (Lipinski definition) is 1. The van der Waals surface area contributed by atoms with Gasteiger partial charge in [-0.3, -0.25) is 4.79 Å². The molecule has 1 aromatic rings. The van der Waals surface area contributed by atoms with Crippen LogP contribution in [0.15, 0.2) is 12.1 Å². The molecule has 0 aliphatic heterocycles. The molecule has 0 bridgehead atoms. The molecule has 17 heavy (non-hydrogen) atoms. The quantitative estimate of drug-likeness (QED) is 0.836. The molecular weight excluding hydrogens is 252 g/mol. The number of aldehydes is 1. The molecule has 0 heterocycles. The minimum atomic E-state index is -4.01. The molecule has 0 spiro atoms. The Labute approximate surface area is 97.5 Å². The predicted molar refractivity (Wildman–Crippen MR) is 57.9 cm³/mol. The molecule has 1 aromatic carbocycles. The van der Waals surface area contributed by atoms with Crippen molar-refractivity contribution in [1.29, 1.82) is 0 Å². The molecular formula is C10H11F2NO3S. The van der Waals surface area contributed by atoms with Gasteiger partial charge in [0.15, 0.2) is 6.29 Å². The largest absolute Gasteiger partial charge is 0.298 e. The summed E-state index contributed by atoms with van der Waals surface area (Å²) >= 11 is 0. The summed E-state index contributed by atoms with van der Waals surface area (Å²) in [5, 5.41) is 3.65. The number of hydrogen-bond acceptors (Lipinski definition) is 3. The van der Waals surface area contributed by atoms with Crippen LogP contribution in [0.2, 0.25) is 0 Å². The van der Waals surface area contributed by atoms with Gasteiger partial charge >= 0.3 is 0 Å². The van der Waals surface area contributed by atoms with E-state index in [0.29, 0.717) is 0 Å². The maximum absolute atomic E-state index is 13.7. The van der Waals surface area contributed by atoms with E-state index < -0.39 is 32.5 Å². The molecule has 1 unspecified atom stereocenters. The van der Waals surface area contributed by atoms with Gasteiger partial charge in [-0.1, -0.05) is 13.0 Å². The van der Waals surface area contributed by atoms with Gasteiger partial charge in [-0.25, -0.2) is 22.3 Å². The third kappa shape index (κ3) is 2.67. The summed E-state index contributed by atoms with van der Waals surface area (Å²) in [5.41, 5.74) is -1.08. The minimum Gasteiger partial charge on any atom is -0.298 e. The van der Waals surface area contributed by atoms with Crippen molar-refractivity contribution in [3.05, 3.63) is 34.9 Å². The number of benzene rings is 1. The number of primary sulfonamides is 1. The van der Waals surface area contributed by atoms with Gasteiger partial charge in [0, 0.05) is 5.56 Å². The Morgan fingerprint density at radius 1 is 1.41 bits per heavy atom. The van der Waals surface area contributed by atoms with E-state index in [0.717, 1.165) is 12.1 Å². The highest BCUT2D eigenvalue weighted by molar-refractivity contribution is 7.89. The fourth-order valence-corrected chi connectivity index (χ4v) is 2.57. The van der Waals surface area contributed by atoms with Crippen molar-refractivity contribution >= 4 is 16.3 Å². The molecule has 0 aromatic heterocycles. The van der Waals surface area contributed by atoms with E-state index in [-0.39, 0.29) is 18.3 Å². The number of carbonyl (C=O) groups excluding carboxylic acids is 1. The highest BCUT2D eigenvalue weighted by atomic mass is 32.2. The summed E-state index contributed by atoms with van der Waals surface area (Å²) in [7, 11) is -4.01. The third-order valence-corrected chi connectivity index (χ3v) is 3.77. The fourth-order valence-electron chi connectivity index (χ4n) is 1.57. The summed E-state index contributed by atoms with van der Waals surface area (Å²) in [6.45, 7) is 1.50. The Hall–Kier alpha value is -1.34. The first-order valence-corrected chi connectivity index (χ1v) is 6.38. The second-order valence-corrected chi connectivity index (χ2v) is 5.22. The predicted octanol–water partition coefficient (Wildman–Crippen LogP) is 1.52. The van der Waals surface area contributed by atoms with E-state index in [9.17, 15) is 22.0 Å². The smallest absolute Gasteiger partial charge is 0.216 e. The van der Waals surface area contributed by atoms with Crippen molar-refractivity contribution in [1.82, 2.24) is 0 Å². The lowest BCUT2D eigenvalue weighted by atomic mass is 10.1. The van der Waals surface area contributed by atoms with Crippen LogP contribution in [0.25, 0.3) is 0 Å². The normalized spacial score (nSPS) is 13.4. The second-order valence-electron chi connectivity index (χ2n) is 3.47. The summed E-state index contributed by atoms with van der Waals surface area (Å²) in [6, 6.07) is 1.83. The first kappa shape index (κ1) is 13.7. The molecule has 0 saturated heterocycles. The zero-order valence-corrected chi connectivity index (χ0v) is 9.80. The van der Waals surface area contributed by atoms with E-state index >= 15 is 0 Å². The molecule has 0 aliphatic rings. The van der Waals surface area contributed by atoms with Gasteiger partial charge in [0.05, 0.1) is 5.56 Å². The number of carbonyl (C=O) groups is 1. The Morgan fingerprint density at radius 2 is 2.00 bits per heavy atom. The first-order valence-electron chi connectivity index (χ1n) is 4.77. The van der Waals surface area contributed by atoms with Crippen molar-refractivity contribution < 1.29 is 22.0 Å². The van der Waals surface area contributed by atoms with Crippen molar-refractivity contribution in [3.63, 3.8) is 0 Å². The number of nitrogens with two attached hydrogens (primary N) is 1. The lowest BCUT2D eigenvalue weighted by Crippen LogP contribution is -2.22. The molecule has 0 aliphatic carbocycles. The van der Waals surface area contributed by atoms with Crippen LogP contribution in [0.4, 0.5) is 8.78 Å². The van der Waals surface area contributed by atoms with Gasteiger partial charge in [-0.05, 0) is 12.5 Å². The lowest BCUT2D eigenvalue weighted by molar-refractivity contribution is 0.111. The van der Waals surface area contributed by atoms with E-state index in [1.807, 2.05) is 0 Å². The summed E-state index contributed by atoms with van der Waals surface area (Å²) in [6.07, 6.45) is 0.0315. The zero-order chi connectivity index (χ0) is 13.2. The van der Waals surface area contributed by atoms with Crippen LogP contribution in [-0.2, 0) is 10.0 Å². The van der Waals surface area contributed by atoms with Crippen molar-refractivity contribution in [2.24, 2.45) is 5.14 Å². The van der Waals surface area contributed by atoms with Gasteiger partial charge in [-0.2, -0.15) is 0 Å². The monoisotopic (exact) mass is 263 g/mol. The Bertz CT molecular complexity index is 543. The van der Waals surface area contributed by atoms with Crippen LogP contribution < -0.4 is 5.14 Å². The molecule has 2 N–H and O–H groups in total. The molecule has 1 rings (SSSR count). The van der Waals surface area contributed by atoms with E-state index in [1.54, 1.807) is 0 Å².